The number of amides is 2. The van der Waals surface area contributed by atoms with Crippen LogP contribution in [0.15, 0.2) is 0 Å². The summed E-state index contributed by atoms with van der Waals surface area (Å²) in [5.74, 6) is 0.397. The van der Waals surface area contributed by atoms with Crippen LogP contribution in [0, 0.1) is 11.8 Å². The van der Waals surface area contributed by atoms with E-state index < -0.39 is 0 Å². The number of piperazine rings is 1. The molecule has 0 aromatic rings. The highest BCUT2D eigenvalue weighted by Crippen LogP contribution is 2.25. The van der Waals surface area contributed by atoms with Crippen LogP contribution in [-0.4, -0.2) is 34.8 Å². The molecule has 0 saturated carbocycles. The van der Waals surface area contributed by atoms with Crippen LogP contribution in [0.2, 0.25) is 0 Å². The molecule has 1 fully saturated rings. The van der Waals surface area contributed by atoms with Crippen LogP contribution in [0.5, 0.6) is 0 Å². The lowest BCUT2D eigenvalue weighted by Gasteiger charge is -2.45. The van der Waals surface area contributed by atoms with Crippen molar-refractivity contribution in [3.63, 3.8) is 0 Å². The monoisotopic (exact) mass is 268 g/mol. The lowest BCUT2D eigenvalue weighted by atomic mass is 9.89. The van der Waals surface area contributed by atoms with Gasteiger partial charge in [0.05, 0.1) is 0 Å². The minimum atomic E-state index is -0.373. The SMILES string of the molecule is CCC(C)C1C(=O)NC(C(C)C)C(=O)N1C(C)CC. The van der Waals surface area contributed by atoms with Crippen molar-refractivity contribution in [1.29, 1.82) is 0 Å². The molecular weight excluding hydrogens is 240 g/mol. The number of carbonyl (C=O) groups excluding carboxylic acids is 2. The second-order valence-electron chi connectivity index (χ2n) is 6.06. The second kappa shape index (κ2) is 6.40. The lowest BCUT2D eigenvalue weighted by Crippen LogP contribution is -2.68. The molecule has 1 rings (SSSR count). The zero-order valence-electron chi connectivity index (χ0n) is 13.1. The Kier molecular flexibility index (Phi) is 5.39. The Morgan fingerprint density at radius 3 is 2.11 bits per heavy atom. The molecule has 0 aromatic carbocycles. The molecule has 4 atom stereocenters. The van der Waals surface area contributed by atoms with E-state index in [1.807, 2.05) is 32.6 Å². The Balaban J connectivity index is 3.10. The summed E-state index contributed by atoms with van der Waals surface area (Å²) in [6, 6.07) is -0.581. The number of nitrogens with one attached hydrogen (secondary N) is 1. The summed E-state index contributed by atoms with van der Waals surface area (Å²) < 4.78 is 0. The molecule has 2 amide bonds. The molecule has 1 heterocycles. The Morgan fingerprint density at radius 1 is 1.11 bits per heavy atom. The molecule has 19 heavy (non-hydrogen) atoms. The first kappa shape index (κ1) is 16.0. The van der Waals surface area contributed by atoms with Gasteiger partial charge in [-0.3, -0.25) is 9.59 Å². The second-order valence-corrected chi connectivity index (χ2v) is 6.06. The van der Waals surface area contributed by atoms with Crippen molar-refractivity contribution < 1.29 is 9.59 Å². The predicted molar refractivity (Wildman–Crippen MR) is 76.6 cm³/mol. The molecule has 4 nitrogen and oxygen atoms in total. The maximum Gasteiger partial charge on any atom is 0.246 e. The fraction of sp³-hybridized carbons (Fsp3) is 0.867. The topological polar surface area (TPSA) is 49.4 Å². The first-order valence-corrected chi connectivity index (χ1v) is 7.47. The zero-order valence-corrected chi connectivity index (χ0v) is 13.1. The van der Waals surface area contributed by atoms with Gasteiger partial charge in [-0.1, -0.05) is 41.0 Å². The molecule has 0 bridgehead atoms. The molecule has 1 N–H and O–H groups in total. The first-order chi connectivity index (χ1) is 8.84. The largest absolute Gasteiger partial charge is 0.342 e. The molecule has 0 spiro atoms. The number of carbonyl (C=O) groups is 2. The van der Waals surface area contributed by atoms with Crippen LogP contribution >= 0.6 is 0 Å². The van der Waals surface area contributed by atoms with Crippen molar-refractivity contribution in [3.8, 4) is 0 Å². The van der Waals surface area contributed by atoms with Gasteiger partial charge in [-0.2, -0.15) is 0 Å². The molecule has 1 aliphatic rings. The lowest BCUT2D eigenvalue weighted by molar-refractivity contribution is -0.155. The van der Waals surface area contributed by atoms with E-state index in [4.69, 9.17) is 0 Å². The van der Waals surface area contributed by atoms with Crippen LogP contribution in [0.4, 0.5) is 0 Å². The number of nitrogens with zero attached hydrogens (tertiary/aromatic N) is 1. The standard InChI is InChI=1S/C15H28N2O2/c1-7-10(5)13-14(18)16-12(9(3)4)15(19)17(13)11(6)8-2/h9-13H,7-8H2,1-6H3,(H,16,18). The third-order valence-corrected chi connectivity index (χ3v) is 4.30. The molecule has 0 aliphatic carbocycles. The Bertz CT molecular complexity index is 341. The van der Waals surface area contributed by atoms with Crippen molar-refractivity contribution in [1.82, 2.24) is 10.2 Å². The van der Waals surface area contributed by atoms with E-state index in [0.29, 0.717) is 0 Å². The average molecular weight is 268 g/mol. The zero-order chi connectivity index (χ0) is 14.7. The molecule has 1 saturated heterocycles. The van der Waals surface area contributed by atoms with Crippen molar-refractivity contribution in [3.05, 3.63) is 0 Å². The van der Waals surface area contributed by atoms with Crippen LogP contribution in [0.1, 0.15) is 54.4 Å². The van der Waals surface area contributed by atoms with Crippen LogP contribution < -0.4 is 5.32 Å². The van der Waals surface area contributed by atoms with E-state index in [-0.39, 0.29) is 41.8 Å². The summed E-state index contributed by atoms with van der Waals surface area (Å²) in [6.45, 7) is 12.1. The summed E-state index contributed by atoms with van der Waals surface area (Å²) in [4.78, 5) is 26.9. The van der Waals surface area contributed by atoms with E-state index in [1.54, 1.807) is 0 Å². The van der Waals surface area contributed by atoms with Gasteiger partial charge in [0.25, 0.3) is 0 Å². The molecule has 110 valence electrons. The van der Waals surface area contributed by atoms with Gasteiger partial charge in [-0.25, -0.2) is 0 Å². The molecule has 0 radical (unpaired) electrons. The van der Waals surface area contributed by atoms with Gasteiger partial charge in [0.2, 0.25) is 11.8 Å². The van der Waals surface area contributed by atoms with E-state index >= 15 is 0 Å². The van der Waals surface area contributed by atoms with Gasteiger partial charge in [0.1, 0.15) is 12.1 Å². The van der Waals surface area contributed by atoms with Gasteiger partial charge in [-0.15, -0.1) is 0 Å². The van der Waals surface area contributed by atoms with E-state index in [1.165, 1.54) is 0 Å². The Labute approximate surface area is 116 Å². The molecule has 4 heteroatoms. The fourth-order valence-electron chi connectivity index (χ4n) is 2.62. The summed E-state index contributed by atoms with van der Waals surface area (Å²) in [7, 11) is 0. The van der Waals surface area contributed by atoms with E-state index in [0.717, 1.165) is 12.8 Å². The Hall–Kier alpha value is -1.06. The van der Waals surface area contributed by atoms with Crippen molar-refractivity contribution in [2.75, 3.05) is 0 Å². The third kappa shape index (κ3) is 3.10. The van der Waals surface area contributed by atoms with Crippen molar-refractivity contribution >= 4 is 11.8 Å². The van der Waals surface area contributed by atoms with E-state index in [2.05, 4.69) is 19.2 Å². The quantitative estimate of drug-likeness (QED) is 0.831. The predicted octanol–water partition coefficient (Wildman–Crippen LogP) is 2.18. The van der Waals surface area contributed by atoms with Crippen molar-refractivity contribution in [2.24, 2.45) is 11.8 Å². The number of hydrogen-bond donors (Lipinski definition) is 1. The fourth-order valence-corrected chi connectivity index (χ4v) is 2.62. The summed E-state index contributed by atoms with van der Waals surface area (Å²) in [6.07, 6.45) is 1.77. The van der Waals surface area contributed by atoms with Gasteiger partial charge in [0, 0.05) is 6.04 Å². The van der Waals surface area contributed by atoms with Crippen LogP contribution in [0.25, 0.3) is 0 Å². The minimum Gasteiger partial charge on any atom is -0.342 e. The van der Waals surface area contributed by atoms with E-state index in [9.17, 15) is 9.59 Å². The Morgan fingerprint density at radius 2 is 1.68 bits per heavy atom. The maximum absolute atomic E-state index is 12.7. The summed E-state index contributed by atoms with van der Waals surface area (Å²) >= 11 is 0. The van der Waals surface area contributed by atoms with Gasteiger partial charge < -0.3 is 10.2 Å². The molecule has 1 aliphatic heterocycles. The minimum absolute atomic E-state index is 0.00736. The number of rotatable bonds is 5. The van der Waals surface area contributed by atoms with Gasteiger partial charge >= 0.3 is 0 Å². The van der Waals surface area contributed by atoms with Crippen LogP contribution in [0.3, 0.4) is 0 Å². The highest BCUT2D eigenvalue weighted by molar-refractivity contribution is 5.97. The molecule has 4 unspecified atom stereocenters. The number of hydrogen-bond acceptors (Lipinski definition) is 2. The average Bonchev–Trinajstić information content (AvgIpc) is 2.38. The highest BCUT2D eigenvalue weighted by atomic mass is 16.2. The third-order valence-electron chi connectivity index (χ3n) is 4.30. The summed E-state index contributed by atoms with van der Waals surface area (Å²) in [5, 5.41) is 2.91. The smallest absolute Gasteiger partial charge is 0.246 e. The van der Waals surface area contributed by atoms with Crippen molar-refractivity contribution in [2.45, 2.75) is 72.5 Å². The maximum atomic E-state index is 12.7. The summed E-state index contributed by atoms with van der Waals surface area (Å²) in [5.41, 5.74) is 0. The van der Waals surface area contributed by atoms with Gasteiger partial charge in [-0.05, 0) is 25.2 Å². The molecular formula is C15H28N2O2. The normalized spacial score (nSPS) is 27.4. The first-order valence-electron chi connectivity index (χ1n) is 7.47. The molecule has 0 aromatic heterocycles. The highest BCUT2D eigenvalue weighted by Gasteiger charge is 2.44. The van der Waals surface area contributed by atoms with Crippen LogP contribution in [-0.2, 0) is 9.59 Å². The van der Waals surface area contributed by atoms with Gasteiger partial charge in [0.15, 0.2) is 0 Å².